The fourth-order valence-corrected chi connectivity index (χ4v) is 3.61. The van der Waals surface area contributed by atoms with E-state index in [0.717, 1.165) is 37.3 Å². The maximum absolute atomic E-state index is 12.6. The standard InChI is InChI=1S/C19H23N5O/c1-3-12(2)15-19(25)23-16-17(22-15)20-11-21-18(16)24-10-6-8-13-7-4-5-9-14(13)24/h4-5,7,9,11-12,15H,3,6,8,10H2,1-2H3,(H,23,25)(H,20,21,22). The van der Waals surface area contributed by atoms with E-state index in [9.17, 15) is 4.79 Å². The quantitative estimate of drug-likeness (QED) is 0.899. The predicted octanol–water partition coefficient (Wildman–Crippen LogP) is 3.34. The maximum atomic E-state index is 12.6. The number of fused-ring (bicyclic) bond motifs is 2. The third-order valence-corrected chi connectivity index (χ3v) is 5.23. The molecule has 4 rings (SSSR count). The molecule has 2 aromatic rings. The van der Waals surface area contributed by atoms with Crippen LogP contribution in [0.15, 0.2) is 30.6 Å². The van der Waals surface area contributed by atoms with E-state index in [2.05, 4.69) is 57.5 Å². The van der Waals surface area contributed by atoms with Crippen molar-refractivity contribution in [3.63, 3.8) is 0 Å². The van der Waals surface area contributed by atoms with Crippen LogP contribution in [0.1, 0.15) is 32.3 Å². The molecule has 25 heavy (non-hydrogen) atoms. The fraction of sp³-hybridized carbons (Fsp3) is 0.421. The summed E-state index contributed by atoms with van der Waals surface area (Å²) >= 11 is 0. The lowest BCUT2D eigenvalue weighted by Gasteiger charge is -2.35. The molecule has 3 heterocycles. The first-order chi connectivity index (χ1) is 12.2. The SMILES string of the molecule is CCC(C)C1Nc2ncnc(N3CCCc4ccccc43)c2NC1=O. The van der Waals surface area contributed by atoms with E-state index in [0.29, 0.717) is 11.5 Å². The van der Waals surface area contributed by atoms with E-state index in [4.69, 9.17) is 0 Å². The minimum Gasteiger partial charge on any atom is -0.356 e. The van der Waals surface area contributed by atoms with Crippen LogP contribution in [-0.4, -0.2) is 28.5 Å². The van der Waals surface area contributed by atoms with Gasteiger partial charge in [0.1, 0.15) is 18.1 Å². The number of aromatic nitrogens is 2. The Balaban J connectivity index is 1.74. The summed E-state index contributed by atoms with van der Waals surface area (Å²) in [7, 11) is 0. The van der Waals surface area contributed by atoms with E-state index in [-0.39, 0.29) is 17.9 Å². The Bertz CT molecular complexity index is 806. The Morgan fingerprint density at radius 2 is 2.16 bits per heavy atom. The Morgan fingerprint density at radius 3 is 3.00 bits per heavy atom. The number of amides is 1. The van der Waals surface area contributed by atoms with Gasteiger partial charge < -0.3 is 15.5 Å². The molecule has 6 heteroatoms. The van der Waals surface area contributed by atoms with Crippen molar-refractivity contribution in [1.29, 1.82) is 0 Å². The molecule has 2 atom stereocenters. The lowest BCUT2D eigenvalue weighted by atomic mass is 9.96. The molecule has 2 N–H and O–H groups in total. The van der Waals surface area contributed by atoms with Gasteiger partial charge in [0.25, 0.3) is 0 Å². The first-order valence-electron chi connectivity index (χ1n) is 8.97. The molecule has 1 amide bonds. The van der Waals surface area contributed by atoms with Crippen molar-refractivity contribution >= 4 is 28.9 Å². The molecule has 2 aliphatic heterocycles. The minimum atomic E-state index is -0.256. The fourth-order valence-electron chi connectivity index (χ4n) is 3.61. The number of hydrogen-bond acceptors (Lipinski definition) is 5. The molecule has 130 valence electrons. The monoisotopic (exact) mass is 337 g/mol. The number of carbonyl (C=O) groups excluding carboxylic acids is 1. The van der Waals surface area contributed by atoms with Crippen LogP contribution in [0, 0.1) is 5.92 Å². The lowest BCUT2D eigenvalue weighted by Crippen LogP contribution is -2.44. The summed E-state index contributed by atoms with van der Waals surface area (Å²) in [6.07, 6.45) is 4.63. The minimum absolute atomic E-state index is 0.0109. The van der Waals surface area contributed by atoms with Gasteiger partial charge in [-0.3, -0.25) is 4.79 Å². The molecule has 2 aliphatic rings. The van der Waals surface area contributed by atoms with Gasteiger partial charge in [0.05, 0.1) is 0 Å². The highest BCUT2D eigenvalue weighted by Gasteiger charge is 2.33. The van der Waals surface area contributed by atoms with Gasteiger partial charge in [-0.05, 0) is 30.4 Å². The Morgan fingerprint density at radius 1 is 1.32 bits per heavy atom. The maximum Gasteiger partial charge on any atom is 0.247 e. The van der Waals surface area contributed by atoms with E-state index >= 15 is 0 Å². The molecular weight excluding hydrogens is 314 g/mol. The molecule has 2 unspecified atom stereocenters. The van der Waals surface area contributed by atoms with Crippen LogP contribution in [0.4, 0.5) is 23.0 Å². The van der Waals surface area contributed by atoms with Crippen LogP contribution in [0.5, 0.6) is 0 Å². The summed E-state index contributed by atoms with van der Waals surface area (Å²) in [5.41, 5.74) is 3.16. The zero-order chi connectivity index (χ0) is 17.4. The van der Waals surface area contributed by atoms with Crippen molar-refractivity contribution < 1.29 is 4.79 Å². The van der Waals surface area contributed by atoms with Crippen LogP contribution in [0.3, 0.4) is 0 Å². The Labute approximate surface area is 147 Å². The number of anilines is 4. The van der Waals surface area contributed by atoms with Crippen LogP contribution in [-0.2, 0) is 11.2 Å². The summed E-state index contributed by atoms with van der Waals surface area (Å²) in [6, 6.07) is 8.13. The zero-order valence-corrected chi connectivity index (χ0v) is 14.6. The van der Waals surface area contributed by atoms with Gasteiger partial charge in [-0.1, -0.05) is 38.5 Å². The highest BCUT2D eigenvalue weighted by atomic mass is 16.2. The van der Waals surface area contributed by atoms with E-state index in [1.165, 1.54) is 5.56 Å². The van der Waals surface area contributed by atoms with Gasteiger partial charge in [0, 0.05) is 12.2 Å². The molecule has 0 radical (unpaired) electrons. The number of nitrogens with one attached hydrogen (secondary N) is 2. The summed E-state index contributed by atoms with van der Waals surface area (Å²) in [5.74, 6) is 1.70. The third-order valence-electron chi connectivity index (χ3n) is 5.23. The van der Waals surface area contributed by atoms with E-state index in [1.807, 2.05) is 6.07 Å². The second-order valence-electron chi connectivity index (χ2n) is 6.80. The van der Waals surface area contributed by atoms with Crippen LogP contribution < -0.4 is 15.5 Å². The van der Waals surface area contributed by atoms with Gasteiger partial charge in [0.15, 0.2) is 11.6 Å². The van der Waals surface area contributed by atoms with Gasteiger partial charge in [-0.15, -0.1) is 0 Å². The van der Waals surface area contributed by atoms with Gasteiger partial charge in [-0.2, -0.15) is 0 Å². The highest BCUT2D eigenvalue weighted by molar-refractivity contribution is 6.05. The largest absolute Gasteiger partial charge is 0.356 e. The normalized spacial score (nSPS) is 20.2. The topological polar surface area (TPSA) is 70.2 Å². The number of carbonyl (C=O) groups is 1. The predicted molar refractivity (Wildman–Crippen MR) is 99.3 cm³/mol. The Hall–Kier alpha value is -2.63. The number of benzene rings is 1. The number of para-hydroxylation sites is 1. The second kappa shape index (κ2) is 6.35. The summed E-state index contributed by atoms with van der Waals surface area (Å²) < 4.78 is 0. The zero-order valence-electron chi connectivity index (χ0n) is 14.6. The first-order valence-corrected chi connectivity index (χ1v) is 8.97. The number of nitrogens with zero attached hydrogens (tertiary/aromatic N) is 3. The molecule has 0 bridgehead atoms. The lowest BCUT2D eigenvalue weighted by molar-refractivity contribution is -0.118. The molecule has 0 saturated carbocycles. The summed E-state index contributed by atoms with van der Waals surface area (Å²) in [5, 5.41) is 6.36. The van der Waals surface area contributed by atoms with Crippen LogP contribution >= 0.6 is 0 Å². The molecule has 0 spiro atoms. The van der Waals surface area contributed by atoms with Crippen molar-refractivity contribution in [1.82, 2.24) is 9.97 Å². The van der Waals surface area contributed by atoms with Crippen molar-refractivity contribution in [2.24, 2.45) is 5.92 Å². The number of hydrogen-bond donors (Lipinski definition) is 2. The molecule has 1 aromatic carbocycles. The molecule has 1 aromatic heterocycles. The van der Waals surface area contributed by atoms with Gasteiger partial charge in [0.2, 0.25) is 5.91 Å². The molecular formula is C19H23N5O. The highest BCUT2D eigenvalue weighted by Crippen LogP contribution is 2.40. The van der Waals surface area contributed by atoms with Crippen molar-refractivity contribution in [3.8, 4) is 0 Å². The van der Waals surface area contributed by atoms with Crippen molar-refractivity contribution in [2.45, 2.75) is 39.2 Å². The van der Waals surface area contributed by atoms with E-state index < -0.39 is 0 Å². The first kappa shape index (κ1) is 15.9. The van der Waals surface area contributed by atoms with Crippen LogP contribution in [0.25, 0.3) is 0 Å². The summed E-state index contributed by atoms with van der Waals surface area (Å²) in [4.78, 5) is 23.6. The Kier molecular flexibility index (Phi) is 4.03. The number of aryl methyl sites for hydroxylation is 1. The van der Waals surface area contributed by atoms with Gasteiger partial charge >= 0.3 is 0 Å². The number of rotatable bonds is 3. The van der Waals surface area contributed by atoms with Gasteiger partial charge in [-0.25, -0.2) is 9.97 Å². The van der Waals surface area contributed by atoms with Crippen molar-refractivity contribution in [2.75, 3.05) is 22.1 Å². The smallest absolute Gasteiger partial charge is 0.247 e. The molecule has 6 nitrogen and oxygen atoms in total. The average Bonchev–Trinajstić information content (AvgIpc) is 2.66. The van der Waals surface area contributed by atoms with Crippen LogP contribution in [0.2, 0.25) is 0 Å². The van der Waals surface area contributed by atoms with E-state index in [1.54, 1.807) is 6.33 Å². The summed E-state index contributed by atoms with van der Waals surface area (Å²) in [6.45, 7) is 5.04. The molecule has 0 fully saturated rings. The molecule has 0 aliphatic carbocycles. The molecule has 0 saturated heterocycles. The van der Waals surface area contributed by atoms with Crippen molar-refractivity contribution in [3.05, 3.63) is 36.2 Å². The third kappa shape index (κ3) is 2.71. The second-order valence-corrected chi connectivity index (χ2v) is 6.80. The average molecular weight is 337 g/mol.